The van der Waals surface area contributed by atoms with Gasteiger partial charge in [0.1, 0.15) is 24.5 Å². The van der Waals surface area contributed by atoms with E-state index in [9.17, 15) is 14.9 Å². The van der Waals surface area contributed by atoms with Crippen molar-refractivity contribution >= 4 is 22.8 Å². The molecule has 0 saturated carbocycles. The molecule has 1 aliphatic rings. The van der Waals surface area contributed by atoms with Gasteiger partial charge in [-0.25, -0.2) is 4.79 Å². The molecule has 0 bridgehead atoms. The fourth-order valence-corrected chi connectivity index (χ4v) is 4.71. The summed E-state index contributed by atoms with van der Waals surface area (Å²) in [7, 11) is 1.35. The summed E-state index contributed by atoms with van der Waals surface area (Å²) in [4.78, 5) is 33.1. The van der Waals surface area contributed by atoms with Crippen molar-refractivity contribution in [3.05, 3.63) is 71.9 Å². The molecule has 192 valence electrons. The summed E-state index contributed by atoms with van der Waals surface area (Å²) in [6.45, 7) is 0.533. The van der Waals surface area contributed by atoms with E-state index in [2.05, 4.69) is 16.0 Å². The minimum absolute atomic E-state index is 0.116. The second-order valence-electron chi connectivity index (χ2n) is 9.05. The number of nitrogens with one attached hydrogen (secondary N) is 1. The number of nitrogens with zero attached hydrogens (tertiary/aromatic N) is 3. The van der Waals surface area contributed by atoms with Gasteiger partial charge in [0, 0.05) is 54.3 Å². The van der Waals surface area contributed by atoms with Crippen LogP contribution in [0.1, 0.15) is 28.8 Å². The lowest BCUT2D eigenvalue weighted by atomic mass is 10.0. The summed E-state index contributed by atoms with van der Waals surface area (Å²) in [5, 5.41) is 19.8. The molecule has 5 rings (SSSR count). The van der Waals surface area contributed by atoms with Crippen LogP contribution in [0.5, 0.6) is 5.75 Å². The minimum atomic E-state index is -0.489. The molecule has 0 radical (unpaired) electrons. The van der Waals surface area contributed by atoms with Crippen LogP contribution in [0, 0.1) is 11.3 Å². The van der Waals surface area contributed by atoms with E-state index < -0.39 is 6.61 Å². The van der Waals surface area contributed by atoms with Crippen LogP contribution in [0.25, 0.3) is 33.4 Å². The number of aromatic nitrogens is 2. The molecule has 0 unspecified atom stereocenters. The maximum absolute atomic E-state index is 11.7. The van der Waals surface area contributed by atoms with E-state index in [1.807, 2.05) is 30.3 Å². The summed E-state index contributed by atoms with van der Waals surface area (Å²) in [5.74, 6) is -0.170. The fourth-order valence-electron chi connectivity index (χ4n) is 4.71. The van der Waals surface area contributed by atoms with Gasteiger partial charge in [-0.05, 0) is 48.0 Å². The summed E-state index contributed by atoms with van der Waals surface area (Å²) < 4.78 is 10.9. The highest BCUT2D eigenvalue weighted by molar-refractivity contribution is 5.97. The molecule has 38 heavy (non-hydrogen) atoms. The van der Waals surface area contributed by atoms with Gasteiger partial charge in [0.05, 0.1) is 23.9 Å². The van der Waals surface area contributed by atoms with Gasteiger partial charge in [-0.15, -0.1) is 0 Å². The van der Waals surface area contributed by atoms with E-state index in [1.165, 1.54) is 7.11 Å². The van der Waals surface area contributed by atoms with E-state index in [0.29, 0.717) is 42.8 Å². The number of amides is 1. The zero-order valence-corrected chi connectivity index (χ0v) is 20.8. The zero-order valence-electron chi connectivity index (χ0n) is 20.8. The molecule has 9 heteroatoms. The van der Waals surface area contributed by atoms with Crippen LogP contribution in [-0.2, 0) is 9.53 Å². The van der Waals surface area contributed by atoms with E-state index >= 15 is 0 Å². The van der Waals surface area contributed by atoms with Crippen LogP contribution < -0.4 is 4.74 Å². The van der Waals surface area contributed by atoms with Gasteiger partial charge in [0.25, 0.3) is 0 Å². The first kappa shape index (κ1) is 25.0. The van der Waals surface area contributed by atoms with Gasteiger partial charge >= 0.3 is 5.97 Å². The third kappa shape index (κ3) is 4.94. The molecule has 1 saturated heterocycles. The van der Waals surface area contributed by atoms with E-state index in [-0.39, 0.29) is 18.0 Å². The molecule has 0 aliphatic carbocycles. The first-order valence-electron chi connectivity index (χ1n) is 12.3. The van der Waals surface area contributed by atoms with Gasteiger partial charge in [-0.3, -0.25) is 9.78 Å². The number of benzene rings is 2. The van der Waals surface area contributed by atoms with Crippen molar-refractivity contribution in [1.29, 1.82) is 5.26 Å². The van der Waals surface area contributed by atoms with Crippen molar-refractivity contribution < 1.29 is 24.2 Å². The summed E-state index contributed by atoms with van der Waals surface area (Å²) in [5.41, 5.74) is 5.08. The van der Waals surface area contributed by atoms with E-state index in [4.69, 9.17) is 14.6 Å². The summed E-state index contributed by atoms with van der Waals surface area (Å²) >= 11 is 0. The number of methoxy groups -OCH3 is 1. The SMILES string of the molecule is COC(=O)c1ccc(-c2cc3c(-c4ccc(OC5CCN(C(=O)CO)CC5)c(C#N)c4)nccc3[nH]2)cc1. The molecule has 2 aromatic carbocycles. The van der Waals surface area contributed by atoms with Crippen molar-refractivity contribution in [2.45, 2.75) is 18.9 Å². The second kappa shape index (κ2) is 10.7. The number of nitriles is 1. The highest BCUT2D eigenvalue weighted by atomic mass is 16.5. The normalized spacial score (nSPS) is 13.8. The lowest BCUT2D eigenvalue weighted by Gasteiger charge is -2.32. The lowest BCUT2D eigenvalue weighted by Crippen LogP contribution is -2.42. The average molecular weight is 511 g/mol. The Labute approximate surface area is 219 Å². The van der Waals surface area contributed by atoms with Crippen molar-refractivity contribution in [2.24, 2.45) is 0 Å². The van der Waals surface area contributed by atoms with Crippen LogP contribution in [0.15, 0.2) is 60.8 Å². The van der Waals surface area contributed by atoms with Crippen LogP contribution in [-0.4, -0.2) is 64.8 Å². The molecule has 4 aromatic rings. The molecule has 1 amide bonds. The number of carbonyl (C=O) groups excluding carboxylic acids is 2. The number of esters is 1. The van der Waals surface area contributed by atoms with Crippen molar-refractivity contribution in [3.8, 4) is 34.3 Å². The Morgan fingerprint density at radius 3 is 2.53 bits per heavy atom. The van der Waals surface area contributed by atoms with Crippen molar-refractivity contribution in [3.63, 3.8) is 0 Å². The number of H-pyrrole nitrogens is 1. The number of aliphatic hydroxyl groups excluding tert-OH is 1. The highest BCUT2D eigenvalue weighted by Gasteiger charge is 2.24. The Hall–Kier alpha value is -4.68. The number of aliphatic hydroxyl groups is 1. The summed E-state index contributed by atoms with van der Waals surface area (Å²) in [6, 6.07) is 18.7. The molecular weight excluding hydrogens is 484 g/mol. The van der Waals surface area contributed by atoms with Crippen molar-refractivity contribution in [1.82, 2.24) is 14.9 Å². The van der Waals surface area contributed by atoms with Gasteiger partial charge in [-0.2, -0.15) is 5.26 Å². The molecule has 1 fully saturated rings. The molecule has 3 heterocycles. The van der Waals surface area contributed by atoms with Gasteiger partial charge in [-0.1, -0.05) is 12.1 Å². The molecular formula is C29H26N4O5. The van der Waals surface area contributed by atoms with Gasteiger partial charge in [0.2, 0.25) is 5.91 Å². The topological polar surface area (TPSA) is 129 Å². The number of fused-ring (bicyclic) bond motifs is 1. The number of aromatic amines is 1. The largest absolute Gasteiger partial charge is 0.489 e. The number of rotatable bonds is 6. The molecule has 0 atom stereocenters. The van der Waals surface area contributed by atoms with Crippen molar-refractivity contribution in [2.75, 3.05) is 26.8 Å². The predicted molar refractivity (Wildman–Crippen MR) is 140 cm³/mol. The number of ether oxygens (including phenoxy) is 2. The Morgan fingerprint density at radius 2 is 1.84 bits per heavy atom. The van der Waals surface area contributed by atoms with Crippen LogP contribution in [0.4, 0.5) is 0 Å². The predicted octanol–water partition coefficient (Wildman–Crippen LogP) is 3.92. The minimum Gasteiger partial charge on any atom is -0.489 e. The second-order valence-corrected chi connectivity index (χ2v) is 9.05. The quantitative estimate of drug-likeness (QED) is 0.376. The number of hydrogen-bond acceptors (Lipinski definition) is 7. The number of piperidine rings is 1. The average Bonchev–Trinajstić information content (AvgIpc) is 3.42. The standard InChI is InChI=1S/C29H26N4O5/c1-37-29(36)19-4-2-18(3-5-19)25-15-23-24(32-25)8-11-31-28(23)20-6-7-26(21(14-20)16-30)38-22-9-12-33(13-10-22)27(35)17-34/h2-8,11,14-15,22,32,34H,9-10,12-13,17H2,1H3. The van der Waals surface area contributed by atoms with Gasteiger partial charge in [0.15, 0.2) is 0 Å². The third-order valence-corrected chi connectivity index (χ3v) is 6.76. The molecule has 9 nitrogen and oxygen atoms in total. The maximum Gasteiger partial charge on any atom is 0.337 e. The number of pyridine rings is 1. The van der Waals surface area contributed by atoms with Crippen LogP contribution in [0.3, 0.4) is 0 Å². The monoisotopic (exact) mass is 510 g/mol. The smallest absolute Gasteiger partial charge is 0.337 e. The number of likely N-dealkylation sites (tertiary alicyclic amines) is 1. The molecule has 2 N–H and O–H groups in total. The maximum atomic E-state index is 11.7. The Balaban J connectivity index is 1.39. The van der Waals surface area contributed by atoms with E-state index in [0.717, 1.165) is 33.4 Å². The lowest BCUT2D eigenvalue weighted by molar-refractivity contribution is -0.135. The van der Waals surface area contributed by atoms with Crippen LogP contribution >= 0.6 is 0 Å². The van der Waals surface area contributed by atoms with Gasteiger partial charge < -0.3 is 24.5 Å². The first-order chi connectivity index (χ1) is 18.5. The molecule has 2 aromatic heterocycles. The Kier molecular flexibility index (Phi) is 7.07. The first-order valence-corrected chi connectivity index (χ1v) is 12.3. The number of carbonyl (C=O) groups is 2. The third-order valence-electron chi connectivity index (χ3n) is 6.76. The zero-order chi connectivity index (χ0) is 26.6. The Bertz CT molecular complexity index is 1530. The summed E-state index contributed by atoms with van der Waals surface area (Å²) in [6.07, 6.45) is 2.86. The molecule has 1 aliphatic heterocycles. The van der Waals surface area contributed by atoms with Crippen LogP contribution in [0.2, 0.25) is 0 Å². The highest BCUT2D eigenvalue weighted by Crippen LogP contribution is 2.33. The fraction of sp³-hybridized carbons (Fsp3) is 0.241. The van der Waals surface area contributed by atoms with E-state index in [1.54, 1.807) is 35.4 Å². The number of hydrogen-bond donors (Lipinski definition) is 2. The Morgan fingerprint density at radius 1 is 1.11 bits per heavy atom. The molecule has 0 spiro atoms.